The molecular weight excluding hydrogens is 291 g/mol. The summed E-state index contributed by atoms with van der Waals surface area (Å²) in [6.07, 6.45) is 3.02. The standard InChI is InChI=1S/C18H17FN4/c19-12-3-5-13(6-4-12)23-8-7-16-15(10-23)17(11-1-2-11)14(9-20)18(21)22-16/h3-6,11H,1-2,7-8,10H2,(H2,21,22). The van der Waals surface area contributed by atoms with E-state index in [4.69, 9.17) is 5.73 Å². The lowest BCUT2D eigenvalue weighted by atomic mass is 9.92. The van der Waals surface area contributed by atoms with Crippen molar-refractivity contribution in [3.05, 3.63) is 52.5 Å². The average Bonchev–Trinajstić information content (AvgIpc) is 3.38. The normalized spacial score (nSPS) is 16.8. The maximum absolute atomic E-state index is 13.1. The Labute approximate surface area is 134 Å². The van der Waals surface area contributed by atoms with Crippen molar-refractivity contribution >= 4 is 11.5 Å². The number of benzene rings is 1. The second kappa shape index (κ2) is 5.24. The summed E-state index contributed by atoms with van der Waals surface area (Å²) in [6, 6.07) is 8.80. The largest absolute Gasteiger partial charge is 0.383 e. The van der Waals surface area contributed by atoms with E-state index in [2.05, 4.69) is 16.0 Å². The minimum atomic E-state index is -0.231. The van der Waals surface area contributed by atoms with Crippen LogP contribution in [0.1, 0.15) is 41.1 Å². The number of nitriles is 1. The second-order valence-electron chi connectivity index (χ2n) is 6.25. The lowest BCUT2D eigenvalue weighted by Gasteiger charge is -2.32. The number of nitrogens with two attached hydrogens (primary N) is 1. The fourth-order valence-electron chi connectivity index (χ4n) is 3.42. The molecule has 1 saturated carbocycles. The predicted molar refractivity (Wildman–Crippen MR) is 86.5 cm³/mol. The van der Waals surface area contributed by atoms with Gasteiger partial charge in [0.2, 0.25) is 0 Å². The number of rotatable bonds is 2. The molecule has 0 atom stereocenters. The van der Waals surface area contributed by atoms with Crippen molar-refractivity contribution in [1.29, 1.82) is 5.26 Å². The van der Waals surface area contributed by atoms with E-state index in [1.807, 2.05) is 0 Å². The van der Waals surface area contributed by atoms with Crippen LogP contribution in [-0.2, 0) is 13.0 Å². The van der Waals surface area contributed by atoms with Crippen molar-refractivity contribution in [2.75, 3.05) is 17.2 Å². The number of halogens is 1. The predicted octanol–water partition coefficient (Wildman–Crippen LogP) is 3.11. The van der Waals surface area contributed by atoms with E-state index in [1.165, 1.54) is 12.1 Å². The Morgan fingerprint density at radius 1 is 1.26 bits per heavy atom. The van der Waals surface area contributed by atoms with E-state index in [0.29, 0.717) is 23.8 Å². The van der Waals surface area contributed by atoms with E-state index in [9.17, 15) is 9.65 Å². The molecule has 4 rings (SSSR count). The van der Waals surface area contributed by atoms with Gasteiger partial charge in [-0.15, -0.1) is 0 Å². The molecule has 0 radical (unpaired) electrons. The number of hydrogen-bond acceptors (Lipinski definition) is 4. The minimum absolute atomic E-state index is 0.231. The first-order chi connectivity index (χ1) is 11.2. The lowest BCUT2D eigenvalue weighted by molar-refractivity contribution is 0.626. The maximum atomic E-state index is 13.1. The van der Waals surface area contributed by atoms with E-state index in [1.54, 1.807) is 12.1 Å². The summed E-state index contributed by atoms with van der Waals surface area (Å²) in [7, 11) is 0. The highest BCUT2D eigenvalue weighted by atomic mass is 19.1. The smallest absolute Gasteiger partial charge is 0.141 e. The van der Waals surface area contributed by atoms with Crippen LogP contribution in [0.4, 0.5) is 15.9 Å². The van der Waals surface area contributed by atoms with Crippen LogP contribution < -0.4 is 10.6 Å². The van der Waals surface area contributed by atoms with Gasteiger partial charge >= 0.3 is 0 Å². The summed E-state index contributed by atoms with van der Waals surface area (Å²) in [5.41, 5.74) is 10.8. The summed E-state index contributed by atoms with van der Waals surface area (Å²) in [5.74, 6) is 0.575. The van der Waals surface area contributed by atoms with Crippen molar-refractivity contribution in [2.24, 2.45) is 0 Å². The van der Waals surface area contributed by atoms with Gasteiger partial charge in [-0.2, -0.15) is 5.26 Å². The number of hydrogen-bond donors (Lipinski definition) is 1. The molecule has 2 N–H and O–H groups in total. The van der Waals surface area contributed by atoms with Crippen LogP contribution in [0.5, 0.6) is 0 Å². The van der Waals surface area contributed by atoms with Crippen LogP contribution in [-0.4, -0.2) is 11.5 Å². The molecule has 2 aromatic rings. The van der Waals surface area contributed by atoms with Gasteiger partial charge in [-0.05, 0) is 54.2 Å². The van der Waals surface area contributed by atoms with Gasteiger partial charge in [-0.25, -0.2) is 9.37 Å². The lowest BCUT2D eigenvalue weighted by Crippen LogP contribution is -2.32. The Balaban J connectivity index is 1.76. The van der Waals surface area contributed by atoms with Gasteiger partial charge in [0.15, 0.2) is 0 Å². The van der Waals surface area contributed by atoms with Gasteiger partial charge in [0.25, 0.3) is 0 Å². The molecule has 23 heavy (non-hydrogen) atoms. The zero-order valence-electron chi connectivity index (χ0n) is 12.7. The quantitative estimate of drug-likeness (QED) is 0.925. The fraction of sp³-hybridized carbons (Fsp3) is 0.333. The van der Waals surface area contributed by atoms with Gasteiger partial charge in [0.05, 0.1) is 5.56 Å². The summed E-state index contributed by atoms with van der Waals surface area (Å²) >= 11 is 0. The molecule has 4 nitrogen and oxygen atoms in total. The van der Waals surface area contributed by atoms with Crippen molar-refractivity contribution in [3.8, 4) is 6.07 Å². The van der Waals surface area contributed by atoms with E-state index in [0.717, 1.165) is 48.3 Å². The molecule has 2 heterocycles. The summed E-state index contributed by atoms with van der Waals surface area (Å²) in [4.78, 5) is 6.68. The molecule has 1 aromatic carbocycles. The highest BCUT2D eigenvalue weighted by Crippen LogP contribution is 2.46. The number of aromatic nitrogens is 1. The Hall–Kier alpha value is -2.61. The van der Waals surface area contributed by atoms with E-state index >= 15 is 0 Å². The fourth-order valence-corrected chi connectivity index (χ4v) is 3.42. The molecule has 1 aromatic heterocycles. The van der Waals surface area contributed by atoms with Crippen molar-refractivity contribution in [2.45, 2.75) is 31.7 Å². The zero-order chi connectivity index (χ0) is 16.0. The van der Waals surface area contributed by atoms with Gasteiger partial charge < -0.3 is 10.6 Å². The van der Waals surface area contributed by atoms with Crippen molar-refractivity contribution < 1.29 is 4.39 Å². The Kier molecular flexibility index (Phi) is 3.19. The van der Waals surface area contributed by atoms with Crippen LogP contribution in [0.2, 0.25) is 0 Å². The van der Waals surface area contributed by atoms with E-state index in [-0.39, 0.29) is 5.82 Å². The monoisotopic (exact) mass is 308 g/mol. The highest BCUT2D eigenvalue weighted by molar-refractivity contribution is 5.61. The molecule has 116 valence electrons. The topological polar surface area (TPSA) is 65.9 Å². The first-order valence-electron chi connectivity index (χ1n) is 7.89. The first kappa shape index (κ1) is 14.0. The van der Waals surface area contributed by atoms with Crippen molar-refractivity contribution in [3.63, 3.8) is 0 Å². The molecule has 2 aliphatic rings. The van der Waals surface area contributed by atoms with Crippen LogP contribution in [0.15, 0.2) is 24.3 Å². The SMILES string of the molecule is N#Cc1c(N)nc2c(c1C1CC1)CN(c1ccc(F)cc1)CC2. The Morgan fingerprint density at radius 3 is 2.65 bits per heavy atom. The molecule has 0 unspecified atom stereocenters. The number of nitrogen functional groups attached to an aromatic ring is 1. The third kappa shape index (κ3) is 2.40. The molecule has 0 saturated heterocycles. The molecule has 5 heteroatoms. The third-order valence-electron chi connectivity index (χ3n) is 4.71. The average molecular weight is 308 g/mol. The number of anilines is 2. The third-order valence-corrected chi connectivity index (χ3v) is 4.71. The molecule has 0 spiro atoms. The van der Waals surface area contributed by atoms with E-state index < -0.39 is 0 Å². The van der Waals surface area contributed by atoms with Crippen LogP contribution in [0, 0.1) is 17.1 Å². The van der Waals surface area contributed by atoms with Gasteiger partial charge in [0.1, 0.15) is 17.7 Å². The second-order valence-corrected chi connectivity index (χ2v) is 6.25. The molecular formula is C18H17FN4. The van der Waals surface area contributed by atoms with Crippen LogP contribution in [0.25, 0.3) is 0 Å². The molecule has 1 aliphatic heterocycles. The van der Waals surface area contributed by atoms with Gasteiger partial charge in [-0.1, -0.05) is 0 Å². The summed E-state index contributed by atoms with van der Waals surface area (Å²) in [5, 5.41) is 9.47. The van der Waals surface area contributed by atoms with Crippen LogP contribution >= 0.6 is 0 Å². The van der Waals surface area contributed by atoms with Gasteiger partial charge in [-0.3, -0.25) is 0 Å². The van der Waals surface area contributed by atoms with Crippen molar-refractivity contribution in [1.82, 2.24) is 4.98 Å². The zero-order valence-corrected chi connectivity index (χ0v) is 12.7. The number of fused-ring (bicyclic) bond motifs is 1. The van der Waals surface area contributed by atoms with Gasteiger partial charge in [0, 0.05) is 30.9 Å². The maximum Gasteiger partial charge on any atom is 0.141 e. The first-order valence-corrected chi connectivity index (χ1v) is 7.89. The Bertz CT molecular complexity index is 803. The molecule has 1 fully saturated rings. The number of nitrogens with zero attached hydrogens (tertiary/aromatic N) is 3. The molecule has 0 bridgehead atoms. The highest BCUT2D eigenvalue weighted by Gasteiger charge is 2.33. The number of pyridine rings is 1. The summed E-state index contributed by atoms with van der Waals surface area (Å²) in [6.45, 7) is 1.52. The Morgan fingerprint density at radius 2 is 2.00 bits per heavy atom. The molecule has 0 amide bonds. The minimum Gasteiger partial charge on any atom is -0.383 e. The van der Waals surface area contributed by atoms with Crippen LogP contribution in [0.3, 0.4) is 0 Å². The summed E-state index contributed by atoms with van der Waals surface area (Å²) < 4.78 is 13.1. The molecule has 1 aliphatic carbocycles.